The molecule has 0 aliphatic heterocycles. The van der Waals surface area contributed by atoms with Crippen molar-refractivity contribution in [3.8, 4) is 45.3 Å². The molecule has 16 N–H and O–H groups in total. The number of hydrogen-bond donors (Lipinski definition) is 8. The quantitative estimate of drug-likeness (QED) is 0.0426. The van der Waals surface area contributed by atoms with Gasteiger partial charge in [-0.25, -0.2) is 0 Å². The van der Waals surface area contributed by atoms with Crippen LogP contribution >= 0.6 is 0 Å². The summed E-state index contributed by atoms with van der Waals surface area (Å²) in [5.41, 5.74) is 32.4. The summed E-state index contributed by atoms with van der Waals surface area (Å²) in [5, 5.41) is 0. The molecule has 11 rings (SSSR count). The van der Waals surface area contributed by atoms with Crippen LogP contribution in [0.4, 0.5) is 125 Å². The normalized spacial score (nSPS) is 12.3. The molecule has 0 fully saturated rings. The van der Waals surface area contributed by atoms with Gasteiger partial charge in [0.15, 0.2) is 0 Å². The van der Waals surface area contributed by atoms with Crippen LogP contribution in [0.1, 0.15) is 33.4 Å². The Hall–Kier alpha value is -11.8. The molecule has 0 amide bonds. The van der Waals surface area contributed by atoms with Crippen molar-refractivity contribution >= 4 is 45.5 Å². The predicted octanol–water partition coefficient (Wildman–Crippen LogP) is 20.6. The first-order chi connectivity index (χ1) is 48.1. The Balaban J connectivity index is 0.000000180. The molecular formula is C75H60F18N8O2. The largest absolute Gasteiger partial charge is 0.457 e. The lowest BCUT2D eigenvalue weighted by Gasteiger charge is -2.38. The van der Waals surface area contributed by atoms with Crippen LogP contribution in [0.2, 0.25) is 0 Å². The first-order valence-electron chi connectivity index (χ1n) is 30.1. The number of anilines is 8. The highest BCUT2D eigenvalue weighted by Gasteiger charge is 2.75. The van der Waals surface area contributed by atoms with Crippen LogP contribution in [0.5, 0.6) is 23.0 Å². The first-order valence-corrected chi connectivity index (χ1v) is 30.1. The molecule has 0 radical (unpaired) electrons. The zero-order chi connectivity index (χ0) is 75.7. The van der Waals surface area contributed by atoms with E-state index in [1.54, 1.807) is 24.3 Å². The van der Waals surface area contributed by atoms with E-state index in [0.717, 1.165) is 133 Å². The molecule has 0 unspecified atom stereocenters. The van der Waals surface area contributed by atoms with Crippen molar-refractivity contribution in [3.63, 3.8) is 0 Å². The van der Waals surface area contributed by atoms with Crippen LogP contribution in [0.15, 0.2) is 267 Å². The van der Waals surface area contributed by atoms with E-state index in [2.05, 4.69) is 24.3 Å². The smallest absolute Gasteiger partial charge is 0.411 e. The van der Waals surface area contributed by atoms with Gasteiger partial charge in [-0.05, 0) is 201 Å². The van der Waals surface area contributed by atoms with Crippen molar-refractivity contribution in [2.75, 3.05) is 45.9 Å². The average Bonchev–Trinajstić information content (AvgIpc) is 0.731. The maximum Gasteiger partial charge on any atom is 0.411 e. The average molecular weight is 1450 g/mol. The SMILES string of the molecule is Nc1ccc(-c2ccc(-c3ccc(N)cc3)cc2)cc1.Nc1ccc(C(c2ccc(N)cc2)(C(F)(F)F)C(F)(F)F)cc1.Nc1ccc(Oc2ccc(C(c3ccc(Oc4ccc(N)cc4)cc3)(C(F)(F)F)C(F)(F)F)cc2)cc1.Nc1cccc(C(c2cccc(N)c2)(C(F)(F)F)C(F)(F)F)c1. The van der Waals surface area contributed by atoms with Gasteiger partial charge in [0.05, 0.1) is 0 Å². The van der Waals surface area contributed by atoms with Gasteiger partial charge in [0.1, 0.15) is 23.0 Å². The summed E-state index contributed by atoms with van der Waals surface area (Å²) in [5.74, 6) is 0.742. The van der Waals surface area contributed by atoms with E-state index in [9.17, 15) is 79.0 Å². The second-order valence-corrected chi connectivity index (χ2v) is 22.9. The lowest BCUT2D eigenvalue weighted by atomic mass is 9.72. The molecule has 0 atom stereocenters. The van der Waals surface area contributed by atoms with Crippen LogP contribution in [0.3, 0.4) is 0 Å². The minimum absolute atomic E-state index is 0.0546. The van der Waals surface area contributed by atoms with E-state index in [1.165, 1.54) is 58.7 Å². The molecule has 11 aromatic carbocycles. The van der Waals surface area contributed by atoms with Gasteiger partial charge in [0.25, 0.3) is 0 Å². The van der Waals surface area contributed by atoms with E-state index in [1.807, 2.05) is 48.5 Å². The third kappa shape index (κ3) is 16.8. The summed E-state index contributed by atoms with van der Waals surface area (Å²) in [4.78, 5) is 0. The van der Waals surface area contributed by atoms with E-state index in [-0.39, 0.29) is 34.2 Å². The van der Waals surface area contributed by atoms with E-state index in [4.69, 9.17) is 55.3 Å². The molecule has 0 aliphatic carbocycles. The van der Waals surface area contributed by atoms with Gasteiger partial charge in [-0.2, -0.15) is 79.0 Å². The monoisotopic (exact) mass is 1450 g/mol. The van der Waals surface area contributed by atoms with Gasteiger partial charge in [0, 0.05) is 45.5 Å². The van der Waals surface area contributed by atoms with Crippen LogP contribution in [0.25, 0.3) is 22.3 Å². The van der Waals surface area contributed by atoms with Gasteiger partial charge in [0.2, 0.25) is 16.2 Å². The summed E-state index contributed by atoms with van der Waals surface area (Å²) in [6.45, 7) is 0. The molecule has 103 heavy (non-hydrogen) atoms. The topological polar surface area (TPSA) is 227 Å². The highest BCUT2D eigenvalue weighted by atomic mass is 19.4. The van der Waals surface area contributed by atoms with Crippen molar-refractivity contribution in [2.24, 2.45) is 0 Å². The zero-order valence-corrected chi connectivity index (χ0v) is 53.1. The Morgan fingerprint density at radius 2 is 0.340 bits per heavy atom. The molecule has 0 heterocycles. The van der Waals surface area contributed by atoms with Crippen molar-refractivity contribution in [1.29, 1.82) is 0 Å². The Morgan fingerprint density at radius 3 is 0.544 bits per heavy atom. The summed E-state index contributed by atoms with van der Waals surface area (Å²) >= 11 is 0. The van der Waals surface area contributed by atoms with Gasteiger partial charge >= 0.3 is 37.1 Å². The van der Waals surface area contributed by atoms with E-state index >= 15 is 0 Å². The zero-order valence-electron chi connectivity index (χ0n) is 53.1. The summed E-state index contributed by atoms with van der Waals surface area (Å²) in [7, 11) is 0. The highest BCUT2D eigenvalue weighted by Crippen LogP contribution is 2.59. The number of alkyl halides is 18. The Labute approximate surface area is 576 Å². The number of ether oxygens (including phenoxy) is 2. The molecule has 0 bridgehead atoms. The van der Waals surface area contributed by atoms with Crippen molar-refractivity contribution in [3.05, 3.63) is 300 Å². The van der Waals surface area contributed by atoms with Gasteiger partial charge in [-0.3, -0.25) is 0 Å². The molecule has 0 saturated carbocycles. The summed E-state index contributed by atoms with van der Waals surface area (Å²) < 4.78 is 262. The van der Waals surface area contributed by atoms with Crippen LogP contribution in [-0.4, -0.2) is 37.1 Å². The van der Waals surface area contributed by atoms with Gasteiger partial charge in [-0.1, -0.05) is 121 Å². The number of rotatable bonds is 12. The molecule has 0 spiro atoms. The van der Waals surface area contributed by atoms with Crippen molar-refractivity contribution in [1.82, 2.24) is 0 Å². The first kappa shape index (κ1) is 76.9. The second-order valence-electron chi connectivity index (χ2n) is 22.9. The number of halogens is 18. The molecular weight excluding hydrogens is 1390 g/mol. The maximum absolute atomic E-state index is 14.4. The molecule has 28 heteroatoms. The fraction of sp³-hybridized carbons (Fsp3) is 0.120. The third-order valence-electron chi connectivity index (χ3n) is 16.1. The number of benzene rings is 11. The highest BCUT2D eigenvalue weighted by molar-refractivity contribution is 5.72. The minimum Gasteiger partial charge on any atom is -0.457 e. The standard InChI is InChI=1S/C27H20F6N2O2.C18H16N2.2C15H12F6N2/c28-26(29,30)25(27(31,32)33,17-1-9-21(10-2-17)36-23-13-5-19(34)6-14-23)18-3-11-22(12-4-18)37-24-15-7-20(35)8-16-24;19-17-9-5-15(6-10-17)13-1-2-14(4-3-13)16-7-11-18(20)12-8-16;16-14(17,18)13(15(19,20)21,9-1-5-11(22)6-2-9)10-3-7-12(23)8-4-10;16-14(17,18)13(15(19,20)21,9-3-1-5-11(22)7-9)10-4-2-6-12(23)8-10/h1-16H,34-35H2;1-12H,19-20H2;2*1-8H,22-23H2. The molecule has 11 aromatic rings. The van der Waals surface area contributed by atoms with Gasteiger partial charge < -0.3 is 55.3 Å². The van der Waals surface area contributed by atoms with Crippen molar-refractivity contribution < 1.29 is 88.5 Å². The van der Waals surface area contributed by atoms with Gasteiger partial charge in [-0.15, -0.1) is 0 Å². The molecule has 0 aliphatic rings. The fourth-order valence-electron chi connectivity index (χ4n) is 11.1. The van der Waals surface area contributed by atoms with Crippen molar-refractivity contribution in [2.45, 2.75) is 53.3 Å². The third-order valence-corrected chi connectivity index (χ3v) is 16.1. The van der Waals surface area contributed by atoms with Crippen LogP contribution in [-0.2, 0) is 16.2 Å². The molecule has 0 aromatic heterocycles. The number of hydrogen-bond acceptors (Lipinski definition) is 10. The van der Waals surface area contributed by atoms with E-state index < -0.39 is 86.7 Å². The lowest BCUT2D eigenvalue weighted by Crippen LogP contribution is -2.54. The summed E-state index contributed by atoms with van der Waals surface area (Å²) in [6, 6.07) is 58.1. The van der Waals surface area contributed by atoms with Crippen LogP contribution < -0.4 is 55.3 Å². The second kappa shape index (κ2) is 30.2. The van der Waals surface area contributed by atoms with Crippen LogP contribution in [0, 0.1) is 0 Å². The lowest BCUT2D eigenvalue weighted by molar-refractivity contribution is -0.290. The molecule has 538 valence electrons. The molecule has 10 nitrogen and oxygen atoms in total. The Morgan fingerprint density at radius 1 is 0.175 bits per heavy atom. The number of nitrogen functional groups attached to an aromatic ring is 8. The fourth-order valence-corrected chi connectivity index (χ4v) is 11.1. The predicted molar refractivity (Wildman–Crippen MR) is 363 cm³/mol. The maximum atomic E-state index is 14.4. The number of nitrogens with two attached hydrogens (primary N) is 8. The molecule has 0 saturated heterocycles. The Kier molecular flexibility index (Phi) is 22.5. The van der Waals surface area contributed by atoms with E-state index in [0.29, 0.717) is 35.0 Å². The minimum atomic E-state index is -5.72. The Bertz CT molecular complexity index is 4280. The summed E-state index contributed by atoms with van der Waals surface area (Å²) in [6.07, 6.45) is -34.0.